The summed E-state index contributed by atoms with van der Waals surface area (Å²) in [6.45, 7) is 0.320. The maximum absolute atomic E-state index is 13.5. The summed E-state index contributed by atoms with van der Waals surface area (Å²) in [5.41, 5.74) is 1.54. The van der Waals surface area contributed by atoms with E-state index in [0.717, 1.165) is 0 Å². The van der Waals surface area contributed by atoms with E-state index in [1.165, 1.54) is 29.2 Å². The Kier molecular flexibility index (Phi) is 3.69. The van der Waals surface area contributed by atoms with Crippen LogP contribution in [0.2, 0.25) is 0 Å². The zero-order valence-electron chi connectivity index (χ0n) is 12.4. The van der Waals surface area contributed by atoms with Crippen LogP contribution in [-0.2, 0) is 4.79 Å². The SMILES string of the molecule is CN1C(=O)CCN(c2cccc(F)c2)c2cc([N+](=O)[O-])ccc21. The minimum absolute atomic E-state index is 0.0760. The highest BCUT2D eigenvalue weighted by Crippen LogP contribution is 2.39. The van der Waals surface area contributed by atoms with Crippen LogP contribution in [0.4, 0.5) is 27.1 Å². The van der Waals surface area contributed by atoms with Gasteiger partial charge in [0.2, 0.25) is 5.91 Å². The number of hydrogen-bond acceptors (Lipinski definition) is 4. The quantitative estimate of drug-likeness (QED) is 0.630. The van der Waals surface area contributed by atoms with Crippen molar-refractivity contribution in [3.8, 4) is 0 Å². The molecule has 7 heteroatoms. The molecular weight excluding hydrogens is 301 g/mol. The van der Waals surface area contributed by atoms with E-state index in [9.17, 15) is 19.3 Å². The van der Waals surface area contributed by atoms with E-state index in [1.807, 2.05) is 0 Å². The number of benzene rings is 2. The van der Waals surface area contributed by atoms with Crippen molar-refractivity contribution in [3.05, 3.63) is 58.4 Å². The summed E-state index contributed by atoms with van der Waals surface area (Å²) in [7, 11) is 1.63. The number of anilines is 3. The molecule has 6 nitrogen and oxygen atoms in total. The summed E-state index contributed by atoms with van der Waals surface area (Å²) in [6, 6.07) is 10.3. The molecule has 1 aliphatic rings. The Bertz CT molecular complexity index is 794. The number of carbonyl (C=O) groups excluding carboxylic acids is 1. The lowest BCUT2D eigenvalue weighted by molar-refractivity contribution is -0.384. The van der Waals surface area contributed by atoms with Gasteiger partial charge in [-0.05, 0) is 24.3 Å². The van der Waals surface area contributed by atoms with Gasteiger partial charge in [0.1, 0.15) is 5.82 Å². The summed E-state index contributed by atoms with van der Waals surface area (Å²) in [5, 5.41) is 11.1. The molecule has 2 aromatic carbocycles. The summed E-state index contributed by atoms with van der Waals surface area (Å²) in [5.74, 6) is -0.502. The molecule has 0 unspecified atom stereocenters. The van der Waals surface area contributed by atoms with Gasteiger partial charge in [-0.25, -0.2) is 4.39 Å². The molecule has 0 aliphatic carbocycles. The Balaban J connectivity index is 2.18. The Morgan fingerprint density at radius 1 is 1.17 bits per heavy atom. The van der Waals surface area contributed by atoms with E-state index >= 15 is 0 Å². The minimum atomic E-state index is -0.489. The number of hydrogen-bond donors (Lipinski definition) is 0. The zero-order chi connectivity index (χ0) is 16.6. The number of amides is 1. The molecule has 0 atom stereocenters. The van der Waals surface area contributed by atoms with Gasteiger partial charge in [0, 0.05) is 37.8 Å². The molecule has 2 aromatic rings. The first-order valence-electron chi connectivity index (χ1n) is 7.05. The van der Waals surface area contributed by atoms with Crippen LogP contribution < -0.4 is 9.80 Å². The van der Waals surface area contributed by atoms with Gasteiger partial charge in [0.05, 0.1) is 16.3 Å². The third-order valence-corrected chi connectivity index (χ3v) is 3.87. The van der Waals surface area contributed by atoms with Gasteiger partial charge in [-0.2, -0.15) is 0 Å². The highest BCUT2D eigenvalue weighted by molar-refractivity contribution is 5.99. The van der Waals surface area contributed by atoms with Gasteiger partial charge >= 0.3 is 0 Å². The van der Waals surface area contributed by atoms with Crippen LogP contribution in [0, 0.1) is 15.9 Å². The van der Waals surface area contributed by atoms with Crippen molar-refractivity contribution in [2.24, 2.45) is 0 Å². The molecule has 23 heavy (non-hydrogen) atoms. The predicted molar refractivity (Wildman–Crippen MR) is 84.5 cm³/mol. The number of rotatable bonds is 2. The monoisotopic (exact) mass is 315 g/mol. The molecule has 3 rings (SSSR count). The topological polar surface area (TPSA) is 66.7 Å². The second-order valence-corrected chi connectivity index (χ2v) is 5.26. The van der Waals surface area contributed by atoms with Gasteiger partial charge in [0.25, 0.3) is 5.69 Å². The fourth-order valence-corrected chi connectivity index (χ4v) is 2.67. The number of fused-ring (bicyclic) bond motifs is 1. The second-order valence-electron chi connectivity index (χ2n) is 5.26. The molecular formula is C16H14FN3O3. The molecule has 0 bridgehead atoms. The molecule has 118 valence electrons. The molecule has 1 aliphatic heterocycles. The van der Waals surface area contributed by atoms with E-state index in [1.54, 1.807) is 30.1 Å². The van der Waals surface area contributed by atoms with Gasteiger partial charge in [-0.15, -0.1) is 0 Å². The summed E-state index contributed by atoms with van der Waals surface area (Å²) in [4.78, 5) is 25.9. The van der Waals surface area contributed by atoms with Crippen molar-refractivity contribution in [1.82, 2.24) is 0 Å². The first kappa shape index (κ1) is 15.0. The number of nitro groups is 1. The van der Waals surface area contributed by atoms with E-state index in [0.29, 0.717) is 23.6 Å². The number of non-ortho nitro benzene ring substituents is 1. The van der Waals surface area contributed by atoms with E-state index in [-0.39, 0.29) is 18.0 Å². The maximum atomic E-state index is 13.5. The fourth-order valence-electron chi connectivity index (χ4n) is 2.67. The van der Waals surface area contributed by atoms with Gasteiger partial charge < -0.3 is 9.80 Å². The summed E-state index contributed by atoms with van der Waals surface area (Å²) in [6.07, 6.45) is 0.232. The number of nitrogens with zero attached hydrogens (tertiary/aromatic N) is 3. The molecule has 0 N–H and O–H groups in total. The van der Waals surface area contributed by atoms with Crippen LogP contribution >= 0.6 is 0 Å². The molecule has 0 fully saturated rings. The molecule has 0 saturated heterocycles. The second kappa shape index (κ2) is 5.68. The minimum Gasteiger partial charge on any atom is -0.339 e. The highest BCUT2D eigenvalue weighted by atomic mass is 19.1. The molecule has 0 radical (unpaired) electrons. The fraction of sp³-hybridized carbons (Fsp3) is 0.188. The lowest BCUT2D eigenvalue weighted by atomic mass is 10.2. The van der Waals surface area contributed by atoms with Crippen LogP contribution in [0.25, 0.3) is 0 Å². The van der Waals surface area contributed by atoms with E-state index < -0.39 is 10.7 Å². The molecule has 1 amide bonds. The molecule has 0 saturated carbocycles. The largest absolute Gasteiger partial charge is 0.339 e. The number of nitro benzene ring substituents is 1. The maximum Gasteiger partial charge on any atom is 0.271 e. The number of carbonyl (C=O) groups is 1. The molecule has 0 aromatic heterocycles. The van der Waals surface area contributed by atoms with Gasteiger partial charge in [-0.3, -0.25) is 14.9 Å². The van der Waals surface area contributed by atoms with Crippen molar-refractivity contribution in [2.75, 3.05) is 23.4 Å². The van der Waals surface area contributed by atoms with Crippen molar-refractivity contribution < 1.29 is 14.1 Å². The lowest BCUT2D eigenvalue weighted by Crippen LogP contribution is -2.25. The zero-order valence-corrected chi connectivity index (χ0v) is 12.4. The lowest BCUT2D eigenvalue weighted by Gasteiger charge is -2.25. The van der Waals surface area contributed by atoms with Crippen LogP contribution in [-0.4, -0.2) is 24.4 Å². The summed E-state index contributed by atoms with van der Waals surface area (Å²) >= 11 is 0. The summed E-state index contributed by atoms with van der Waals surface area (Å²) < 4.78 is 13.5. The Morgan fingerprint density at radius 2 is 1.96 bits per heavy atom. The predicted octanol–water partition coefficient (Wildman–Crippen LogP) is 3.24. The first-order valence-corrected chi connectivity index (χ1v) is 7.05. The van der Waals surface area contributed by atoms with Crippen molar-refractivity contribution in [3.63, 3.8) is 0 Å². The first-order chi connectivity index (χ1) is 11.0. The smallest absolute Gasteiger partial charge is 0.271 e. The van der Waals surface area contributed by atoms with Crippen LogP contribution in [0.3, 0.4) is 0 Å². The average molecular weight is 315 g/mol. The Labute approximate surface area is 131 Å². The van der Waals surface area contributed by atoms with Crippen LogP contribution in [0.1, 0.15) is 6.42 Å². The van der Waals surface area contributed by atoms with Gasteiger partial charge in [0.15, 0.2) is 0 Å². The third-order valence-electron chi connectivity index (χ3n) is 3.87. The highest BCUT2D eigenvalue weighted by Gasteiger charge is 2.26. The van der Waals surface area contributed by atoms with Crippen molar-refractivity contribution in [2.45, 2.75) is 6.42 Å². The van der Waals surface area contributed by atoms with Crippen molar-refractivity contribution in [1.29, 1.82) is 0 Å². The van der Waals surface area contributed by atoms with Gasteiger partial charge in [-0.1, -0.05) is 6.07 Å². The standard InChI is InChI=1S/C16H14FN3O3/c1-18-14-6-5-13(20(22)23)10-15(14)19(8-7-16(18)21)12-4-2-3-11(17)9-12/h2-6,9-10H,7-8H2,1H3. The van der Waals surface area contributed by atoms with E-state index in [4.69, 9.17) is 0 Å². The average Bonchev–Trinajstić information content (AvgIpc) is 2.65. The Morgan fingerprint density at radius 3 is 2.65 bits per heavy atom. The van der Waals surface area contributed by atoms with E-state index in [2.05, 4.69) is 0 Å². The number of halogens is 1. The van der Waals surface area contributed by atoms with Crippen LogP contribution in [0.15, 0.2) is 42.5 Å². The normalized spacial score (nSPS) is 14.4. The van der Waals surface area contributed by atoms with Crippen molar-refractivity contribution >= 4 is 28.7 Å². The third kappa shape index (κ3) is 2.73. The molecule has 0 spiro atoms. The van der Waals surface area contributed by atoms with Crippen LogP contribution in [0.5, 0.6) is 0 Å². The molecule has 1 heterocycles. The Hall–Kier alpha value is -2.96.